The van der Waals surface area contributed by atoms with E-state index in [9.17, 15) is 19.2 Å². The van der Waals surface area contributed by atoms with Gasteiger partial charge in [-0.15, -0.1) is 0 Å². The summed E-state index contributed by atoms with van der Waals surface area (Å²) in [7, 11) is 5.40. The van der Waals surface area contributed by atoms with Crippen LogP contribution in [-0.4, -0.2) is 50.9 Å². The first kappa shape index (κ1) is 26.9. The largest absolute Gasteiger partial charge is 0.496 e. The molecule has 34 heavy (non-hydrogen) atoms. The Hall–Kier alpha value is -3.38. The Morgan fingerprint density at radius 1 is 0.735 bits per heavy atom. The maximum absolute atomic E-state index is 12.7. The number of amides is 4. The summed E-state index contributed by atoms with van der Waals surface area (Å²) in [4.78, 5) is 48.4. The Kier molecular flexibility index (Phi) is 10.6. The van der Waals surface area contributed by atoms with E-state index in [0.29, 0.717) is 32.4 Å². The summed E-state index contributed by atoms with van der Waals surface area (Å²) < 4.78 is 10.9. The van der Waals surface area contributed by atoms with Crippen LogP contribution in [0.2, 0.25) is 0 Å². The van der Waals surface area contributed by atoms with Gasteiger partial charge >= 0.3 is 0 Å². The first-order chi connectivity index (χ1) is 16.3. The molecular weight excluding hydrogens is 480 g/mol. The topological polar surface area (TPSA) is 163 Å². The van der Waals surface area contributed by atoms with Crippen molar-refractivity contribution in [1.82, 2.24) is 10.6 Å². The van der Waals surface area contributed by atoms with Gasteiger partial charge in [-0.1, -0.05) is 12.1 Å². The molecule has 10 nitrogen and oxygen atoms in total. The van der Waals surface area contributed by atoms with Gasteiger partial charge in [0.2, 0.25) is 11.8 Å². The number of nitrogens with one attached hydrogen (secondary N) is 2. The normalized spacial score (nSPS) is 10.3. The first-order valence-corrected chi connectivity index (χ1v) is 12.2. The minimum absolute atomic E-state index is 0.0162. The molecule has 0 aromatic heterocycles. The molecule has 12 heteroatoms. The second kappa shape index (κ2) is 13.4. The number of nitrogens with two attached hydrogens (primary N) is 2. The second-order valence-electron chi connectivity index (χ2n) is 6.79. The highest BCUT2D eigenvalue weighted by Gasteiger charge is 2.21. The Morgan fingerprint density at radius 3 is 1.44 bits per heavy atom. The smallest absolute Gasteiger partial charge is 0.252 e. The highest BCUT2D eigenvalue weighted by Crippen LogP contribution is 2.47. The Labute approximate surface area is 204 Å². The fourth-order valence-electron chi connectivity index (χ4n) is 2.75. The van der Waals surface area contributed by atoms with Gasteiger partial charge in [0, 0.05) is 25.9 Å². The van der Waals surface area contributed by atoms with Gasteiger partial charge in [-0.25, -0.2) is 0 Å². The Balaban J connectivity index is 2.30. The van der Waals surface area contributed by atoms with E-state index in [4.69, 9.17) is 20.9 Å². The third-order valence-corrected chi connectivity index (χ3v) is 6.92. The number of methoxy groups -OCH3 is 2. The van der Waals surface area contributed by atoms with Gasteiger partial charge in [0.1, 0.15) is 11.5 Å². The number of rotatable bonds is 13. The lowest BCUT2D eigenvalue weighted by Gasteiger charge is -2.16. The minimum Gasteiger partial charge on any atom is -0.496 e. The summed E-state index contributed by atoms with van der Waals surface area (Å²) in [5.74, 6) is -0.909. The van der Waals surface area contributed by atoms with Crippen molar-refractivity contribution in [2.75, 3.05) is 27.3 Å². The van der Waals surface area contributed by atoms with Crippen molar-refractivity contribution in [3.05, 3.63) is 47.5 Å². The molecule has 0 bridgehead atoms. The molecule has 0 saturated heterocycles. The highest BCUT2D eigenvalue weighted by atomic mass is 33.1. The molecule has 2 rings (SSSR count). The molecule has 0 spiro atoms. The SMILES string of the molecule is COc1cccc(C(=O)NCCC(N)=O)c1SSc1c(OC)cccc1C(=O)NCCC(N)=O. The zero-order valence-corrected chi connectivity index (χ0v) is 20.3. The maximum Gasteiger partial charge on any atom is 0.252 e. The highest BCUT2D eigenvalue weighted by molar-refractivity contribution is 8.76. The molecule has 2 aromatic rings. The van der Waals surface area contributed by atoms with Crippen LogP contribution in [0.3, 0.4) is 0 Å². The van der Waals surface area contributed by atoms with Gasteiger partial charge in [0.25, 0.3) is 11.8 Å². The van der Waals surface area contributed by atoms with Crippen molar-refractivity contribution >= 4 is 45.2 Å². The van der Waals surface area contributed by atoms with Crippen LogP contribution in [0.1, 0.15) is 33.6 Å². The molecular formula is C22H26N4O6S2. The molecule has 6 N–H and O–H groups in total. The maximum atomic E-state index is 12.7. The van der Waals surface area contributed by atoms with Gasteiger partial charge in [0.15, 0.2) is 0 Å². The van der Waals surface area contributed by atoms with Gasteiger partial charge in [-0.3, -0.25) is 19.2 Å². The van der Waals surface area contributed by atoms with Crippen LogP contribution in [0.25, 0.3) is 0 Å². The number of hydrogen-bond donors (Lipinski definition) is 4. The van der Waals surface area contributed by atoms with Gasteiger partial charge in [-0.05, 0) is 45.9 Å². The number of primary amides is 2. The van der Waals surface area contributed by atoms with E-state index >= 15 is 0 Å². The number of hydrogen-bond acceptors (Lipinski definition) is 8. The summed E-state index contributed by atoms with van der Waals surface area (Å²) in [5.41, 5.74) is 10.9. The zero-order chi connectivity index (χ0) is 25.1. The first-order valence-electron chi connectivity index (χ1n) is 10.1. The van der Waals surface area contributed by atoms with Crippen LogP contribution in [0, 0.1) is 0 Å². The van der Waals surface area contributed by atoms with Crippen LogP contribution < -0.4 is 31.6 Å². The minimum atomic E-state index is -0.520. The average Bonchev–Trinajstić information content (AvgIpc) is 2.81. The molecule has 0 saturated carbocycles. The summed E-state index contributed by atoms with van der Waals surface area (Å²) in [6.07, 6.45) is 0.0325. The standard InChI is InChI=1S/C22H26N4O6S2/c1-31-15-7-3-5-13(21(29)25-11-9-17(23)27)19(15)33-34-20-14(6-4-8-16(20)32-2)22(30)26-12-10-18(24)28/h3-8H,9-12H2,1-2H3,(H2,23,27)(H2,24,28)(H,25,29)(H,26,30). The number of ether oxygens (including phenoxy) is 2. The third kappa shape index (κ3) is 7.59. The Morgan fingerprint density at radius 2 is 1.12 bits per heavy atom. The van der Waals surface area contributed by atoms with Crippen molar-refractivity contribution in [2.45, 2.75) is 22.6 Å². The van der Waals surface area contributed by atoms with Gasteiger partial charge in [-0.2, -0.15) is 0 Å². The predicted octanol–water partition coefficient (Wildman–Crippen LogP) is 1.71. The monoisotopic (exact) mass is 506 g/mol. The van der Waals surface area contributed by atoms with Gasteiger partial charge < -0.3 is 31.6 Å². The number of carbonyl (C=O) groups excluding carboxylic acids is 4. The van der Waals surface area contributed by atoms with Gasteiger partial charge in [0.05, 0.1) is 35.1 Å². The fourth-order valence-corrected chi connectivity index (χ4v) is 5.42. The second-order valence-corrected chi connectivity index (χ2v) is 8.93. The lowest BCUT2D eigenvalue weighted by atomic mass is 10.2. The molecule has 182 valence electrons. The molecule has 0 radical (unpaired) electrons. The molecule has 0 aliphatic rings. The lowest BCUT2D eigenvalue weighted by molar-refractivity contribution is -0.118. The molecule has 4 amide bonds. The number of benzene rings is 2. The molecule has 0 aliphatic heterocycles. The molecule has 0 heterocycles. The van der Waals surface area contributed by atoms with E-state index in [1.165, 1.54) is 35.8 Å². The van der Waals surface area contributed by atoms with E-state index in [2.05, 4.69) is 10.6 Å². The summed E-state index contributed by atoms with van der Waals surface area (Å²) in [6, 6.07) is 10.0. The lowest BCUT2D eigenvalue weighted by Crippen LogP contribution is -2.28. The van der Waals surface area contributed by atoms with Crippen LogP contribution in [0.15, 0.2) is 46.2 Å². The fraction of sp³-hybridized carbons (Fsp3) is 0.273. The zero-order valence-electron chi connectivity index (χ0n) is 18.7. The van der Waals surface area contributed by atoms with Crippen molar-refractivity contribution in [3.8, 4) is 11.5 Å². The van der Waals surface area contributed by atoms with E-state index in [1.807, 2.05) is 0 Å². The molecule has 2 aromatic carbocycles. The van der Waals surface area contributed by atoms with Crippen LogP contribution in [-0.2, 0) is 9.59 Å². The van der Waals surface area contributed by atoms with Crippen LogP contribution in [0.5, 0.6) is 11.5 Å². The van der Waals surface area contributed by atoms with Crippen molar-refractivity contribution in [2.24, 2.45) is 11.5 Å². The summed E-state index contributed by atoms with van der Waals surface area (Å²) in [5, 5.41) is 5.32. The van der Waals surface area contributed by atoms with Crippen LogP contribution in [0.4, 0.5) is 0 Å². The van der Waals surface area contributed by atoms with Crippen molar-refractivity contribution in [1.29, 1.82) is 0 Å². The third-order valence-electron chi connectivity index (χ3n) is 4.41. The molecule has 0 aliphatic carbocycles. The summed E-state index contributed by atoms with van der Waals surface area (Å²) in [6.45, 7) is 0.204. The average molecular weight is 507 g/mol. The molecule has 0 atom stereocenters. The molecule has 0 unspecified atom stereocenters. The quantitative estimate of drug-likeness (QED) is 0.298. The number of carbonyl (C=O) groups is 4. The molecule has 0 fully saturated rings. The van der Waals surface area contributed by atoms with E-state index in [-0.39, 0.29) is 25.9 Å². The van der Waals surface area contributed by atoms with E-state index in [0.717, 1.165) is 0 Å². The predicted molar refractivity (Wildman–Crippen MR) is 130 cm³/mol. The van der Waals surface area contributed by atoms with Crippen molar-refractivity contribution < 1.29 is 28.7 Å². The summed E-state index contributed by atoms with van der Waals surface area (Å²) >= 11 is 0. The van der Waals surface area contributed by atoms with Crippen molar-refractivity contribution in [3.63, 3.8) is 0 Å². The van der Waals surface area contributed by atoms with E-state index in [1.54, 1.807) is 36.4 Å². The van der Waals surface area contributed by atoms with E-state index < -0.39 is 23.6 Å². The Bertz CT molecular complexity index is 980. The van der Waals surface area contributed by atoms with Crippen LogP contribution >= 0.6 is 21.6 Å².